The number of aromatic nitrogens is 1. The Morgan fingerprint density at radius 1 is 1.23 bits per heavy atom. The third-order valence-electron chi connectivity index (χ3n) is 5.58. The van der Waals surface area contributed by atoms with E-state index >= 15 is 0 Å². The maximum atomic E-state index is 12.2. The Hall–Kier alpha value is -2.92. The molecule has 0 aliphatic carbocycles. The van der Waals surface area contributed by atoms with E-state index in [2.05, 4.69) is 43.4 Å². The summed E-state index contributed by atoms with van der Waals surface area (Å²) in [6.07, 6.45) is 3.11. The Labute approximate surface area is 177 Å². The van der Waals surface area contributed by atoms with Crippen molar-refractivity contribution < 1.29 is 14.3 Å². The van der Waals surface area contributed by atoms with Crippen molar-refractivity contribution in [1.82, 2.24) is 10.3 Å². The normalized spacial score (nSPS) is 16.0. The fraction of sp³-hybridized carbons (Fsp3) is 0.360. The predicted molar refractivity (Wildman–Crippen MR) is 119 cm³/mol. The molecule has 1 atom stereocenters. The van der Waals surface area contributed by atoms with Crippen LogP contribution in [-0.2, 0) is 16.0 Å². The van der Waals surface area contributed by atoms with Gasteiger partial charge in [-0.3, -0.25) is 4.79 Å². The van der Waals surface area contributed by atoms with Crippen LogP contribution in [0.1, 0.15) is 30.9 Å². The molecule has 2 heterocycles. The van der Waals surface area contributed by atoms with Crippen molar-refractivity contribution in [2.45, 2.75) is 39.2 Å². The molecule has 5 heteroatoms. The molecule has 0 saturated carbocycles. The molecule has 1 unspecified atom stereocenters. The number of pyridine rings is 1. The summed E-state index contributed by atoms with van der Waals surface area (Å²) in [5, 5.41) is 4.07. The van der Waals surface area contributed by atoms with Gasteiger partial charge >= 0.3 is 0 Å². The van der Waals surface area contributed by atoms with Crippen molar-refractivity contribution in [3.63, 3.8) is 0 Å². The van der Waals surface area contributed by atoms with Crippen LogP contribution in [0.5, 0.6) is 5.75 Å². The number of hydrogen-bond acceptors (Lipinski definition) is 4. The molecule has 30 heavy (non-hydrogen) atoms. The lowest BCUT2D eigenvalue weighted by Gasteiger charge is -2.14. The summed E-state index contributed by atoms with van der Waals surface area (Å²) in [6, 6.07) is 16.2. The van der Waals surface area contributed by atoms with Crippen molar-refractivity contribution in [2.24, 2.45) is 0 Å². The first-order chi connectivity index (χ1) is 14.7. The number of fused-ring (bicyclic) bond motifs is 1. The minimum absolute atomic E-state index is 0.0312. The van der Waals surface area contributed by atoms with E-state index in [4.69, 9.17) is 14.5 Å². The van der Waals surface area contributed by atoms with Crippen LogP contribution in [0, 0.1) is 6.92 Å². The number of rotatable bonds is 7. The highest BCUT2D eigenvalue weighted by atomic mass is 16.5. The molecule has 4 rings (SSSR count). The fourth-order valence-electron chi connectivity index (χ4n) is 3.93. The summed E-state index contributed by atoms with van der Waals surface area (Å²) in [5.74, 6) is 0.515. The molecule has 1 amide bonds. The predicted octanol–water partition coefficient (Wildman–Crippen LogP) is 4.45. The molecule has 2 aromatic carbocycles. The molecule has 1 saturated heterocycles. The number of aryl methyl sites for hydroxylation is 2. The number of nitrogens with one attached hydrogen (secondary N) is 1. The zero-order valence-electron chi connectivity index (χ0n) is 17.6. The molecule has 1 aromatic heterocycles. The second-order valence-electron chi connectivity index (χ2n) is 7.72. The highest BCUT2D eigenvalue weighted by Crippen LogP contribution is 2.32. The maximum absolute atomic E-state index is 12.2. The third kappa shape index (κ3) is 4.46. The number of para-hydroxylation sites is 2. The zero-order chi connectivity index (χ0) is 20.9. The van der Waals surface area contributed by atoms with Crippen molar-refractivity contribution >= 4 is 16.8 Å². The van der Waals surface area contributed by atoms with Crippen molar-refractivity contribution in [3.05, 3.63) is 59.7 Å². The first kappa shape index (κ1) is 20.4. The summed E-state index contributed by atoms with van der Waals surface area (Å²) in [4.78, 5) is 17.2. The topological polar surface area (TPSA) is 60.5 Å². The zero-order valence-corrected chi connectivity index (χ0v) is 17.6. The molecule has 5 nitrogen and oxygen atoms in total. The summed E-state index contributed by atoms with van der Waals surface area (Å²) in [5.41, 5.74) is 5.18. The highest BCUT2D eigenvalue weighted by molar-refractivity contribution is 5.88. The number of benzene rings is 2. The number of ether oxygens (including phenoxy) is 2. The first-order valence-corrected chi connectivity index (χ1v) is 10.7. The Morgan fingerprint density at radius 3 is 2.90 bits per heavy atom. The summed E-state index contributed by atoms with van der Waals surface area (Å²) >= 11 is 0. The van der Waals surface area contributed by atoms with Gasteiger partial charge in [-0.1, -0.05) is 37.3 Å². The van der Waals surface area contributed by atoms with Crippen LogP contribution < -0.4 is 10.1 Å². The molecule has 1 aliphatic heterocycles. The number of nitrogens with zero attached hydrogens (tertiary/aromatic N) is 1. The van der Waals surface area contributed by atoms with Crippen LogP contribution >= 0.6 is 0 Å². The monoisotopic (exact) mass is 404 g/mol. The van der Waals surface area contributed by atoms with E-state index in [9.17, 15) is 4.79 Å². The van der Waals surface area contributed by atoms with E-state index in [1.54, 1.807) is 0 Å². The molecule has 1 N–H and O–H groups in total. The Kier molecular flexibility index (Phi) is 6.29. The summed E-state index contributed by atoms with van der Waals surface area (Å²) < 4.78 is 11.4. The molecule has 3 aromatic rings. The van der Waals surface area contributed by atoms with Gasteiger partial charge in [-0.25, -0.2) is 4.98 Å². The van der Waals surface area contributed by atoms with E-state index in [-0.39, 0.29) is 18.6 Å². The van der Waals surface area contributed by atoms with Gasteiger partial charge in [0.25, 0.3) is 5.91 Å². The van der Waals surface area contributed by atoms with Gasteiger partial charge in [-0.2, -0.15) is 0 Å². The molecule has 0 spiro atoms. The molecular formula is C25H28N2O3. The lowest BCUT2D eigenvalue weighted by atomic mass is 10.0. The summed E-state index contributed by atoms with van der Waals surface area (Å²) in [6.45, 7) is 5.54. The Balaban J connectivity index is 1.53. The highest BCUT2D eigenvalue weighted by Gasteiger charge is 2.17. The van der Waals surface area contributed by atoms with E-state index in [1.165, 1.54) is 16.5 Å². The average molecular weight is 405 g/mol. The van der Waals surface area contributed by atoms with Gasteiger partial charge in [0.15, 0.2) is 6.61 Å². The summed E-state index contributed by atoms with van der Waals surface area (Å²) in [7, 11) is 0. The molecular weight excluding hydrogens is 376 g/mol. The molecule has 0 radical (unpaired) electrons. The Morgan fingerprint density at radius 2 is 2.10 bits per heavy atom. The van der Waals surface area contributed by atoms with E-state index in [0.29, 0.717) is 12.3 Å². The van der Waals surface area contributed by atoms with Crippen LogP contribution in [-0.4, -0.2) is 36.8 Å². The van der Waals surface area contributed by atoms with Gasteiger partial charge < -0.3 is 14.8 Å². The van der Waals surface area contributed by atoms with Crippen LogP contribution in [0.3, 0.4) is 0 Å². The minimum Gasteiger partial charge on any atom is -0.483 e. The second-order valence-corrected chi connectivity index (χ2v) is 7.72. The quantitative estimate of drug-likeness (QED) is 0.632. The van der Waals surface area contributed by atoms with E-state index in [1.807, 2.05) is 24.3 Å². The van der Waals surface area contributed by atoms with Crippen molar-refractivity contribution in [2.75, 3.05) is 19.8 Å². The molecule has 0 bridgehead atoms. The van der Waals surface area contributed by atoms with Gasteiger partial charge in [-0.05, 0) is 55.5 Å². The average Bonchev–Trinajstić information content (AvgIpc) is 3.30. The van der Waals surface area contributed by atoms with Crippen LogP contribution in [0.25, 0.3) is 22.2 Å². The van der Waals surface area contributed by atoms with Gasteiger partial charge in [0.05, 0.1) is 17.3 Å². The Bertz CT molecular complexity index is 1040. The van der Waals surface area contributed by atoms with Crippen LogP contribution in [0.4, 0.5) is 0 Å². The van der Waals surface area contributed by atoms with E-state index in [0.717, 1.165) is 42.6 Å². The minimum atomic E-state index is -0.142. The van der Waals surface area contributed by atoms with Gasteiger partial charge in [0.2, 0.25) is 0 Å². The maximum Gasteiger partial charge on any atom is 0.258 e. The number of hydrogen-bond donors (Lipinski definition) is 1. The van der Waals surface area contributed by atoms with Gasteiger partial charge in [0, 0.05) is 24.1 Å². The SMILES string of the molecule is CCc1cccc2c(C)cc(-c3ccccc3OCC(=O)NCC3CCCO3)nc12. The third-order valence-corrected chi connectivity index (χ3v) is 5.58. The van der Waals surface area contributed by atoms with Gasteiger partial charge in [-0.15, -0.1) is 0 Å². The van der Waals surface area contributed by atoms with Gasteiger partial charge in [0.1, 0.15) is 5.75 Å². The van der Waals surface area contributed by atoms with Crippen LogP contribution in [0.15, 0.2) is 48.5 Å². The standard InChI is InChI=1S/C25H28N2O3/c1-3-18-8-6-11-20-17(2)14-22(27-25(18)20)21-10-4-5-12-23(21)30-16-24(28)26-15-19-9-7-13-29-19/h4-6,8,10-12,14,19H,3,7,9,13,15-16H2,1-2H3,(H,26,28). The smallest absolute Gasteiger partial charge is 0.258 e. The van der Waals surface area contributed by atoms with Crippen LogP contribution in [0.2, 0.25) is 0 Å². The van der Waals surface area contributed by atoms with Crippen molar-refractivity contribution in [3.8, 4) is 17.0 Å². The molecule has 1 aliphatic rings. The molecule has 1 fully saturated rings. The number of carbonyl (C=O) groups excluding carboxylic acids is 1. The lowest BCUT2D eigenvalue weighted by Crippen LogP contribution is -2.35. The number of amides is 1. The molecule has 156 valence electrons. The number of carbonyl (C=O) groups is 1. The second kappa shape index (κ2) is 9.26. The van der Waals surface area contributed by atoms with Crippen molar-refractivity contribution in [1.29, 1.82) is 0 Å². The van der Waals surface area contributed by atoms with E-state index < -0.39 is 0 Å². The fourth-order valence-corrected chi connectivity index (χ4v) is 3.93. The largest absolute Gasteiger partial charge is 0.483 e. The first-order valence-electron chi connectivity index (χ1n) is 10.7. The lowest BCUT2D eigenvalue weighted by molar-refractivity contribution is -0.123.